The van der Waals surface area contributed by atoms with Gasteiger partial charge < -0.3 is 30.2 Å². The van der Waals surface area contributed by atoms with Gasteiger partial charge in [0, 0.05) is 11.4 Å². The molecule has 0 fully saturated rings. The van der Waals surface area contributed by atoms with Crippen LogP contribution < -0.4 is 30.2 Å². The fourth-order valence-electron chi connectivity index (χ4n) is 5.01. The first-order valence-electron chi connectivity index (χ1n) is 13.5. The molecule has 0 unspecified atom stereocenters. The van der Waals surface area contributed by atoms with Gasteiger partial charge in [-0.25, -0.2) is 4.68 Å². The SMILES string of the molecule is CCOc1ccc([C@H]2C(C(=O)Nc3ccccc3OC)=C(C)Nc3c(C(=O)Nc4cccc(C)c4)cnn32)cc1OC. The van der Waals surface area contributed by atoms with E-state index in [9.17, 15) is 9.59 Å². The normalized spacial score (nSPS) is 14.0. The molecule has 0 spiro atoms. The Morgan fingerprint density at radius 1 is 0.905 bits per heavy atom. The highest BCUT2D eigenvalue weighted by molar-refractivity contribution is 6.09. The molecule has 0 saturated heterocycles. The van der Waals surface area contributed by atoms with E-state index in [1.165, 1.54) is 6.20 Å². The van der Waals surface area contributed by atoms with Crippen molar-refractivity contribution in [2.45, 2.75) is 26.8 Å². The van der Waals surface area contributed by atoms with E-state index in [1.54, 1.807) is 44.0 Å². The van der Waals surface area contributed by atoms with Crippen molar-refractivity contribution in [2.24, 2.45) is 0 Å². The number of hydrogen-bond donors (Lipinski definition) is 3. The van der Waals surface area contributed by atoms with Crippen LogP contribution in [0.3, 0.4) is 0 Å². The molecule has 1 aliphatic heterocycles. The lowest BCUT2D eigenvalue weighted by Gasteiger charge is -2.30. The van der Waals surface area contributed by atoms with Gasteiger partial charge in [0.25, 0.3) is 11.8 Å². The number of nitrogens with one attached hydrogen (secondary N) is 3. The summed E-state index contributed by atoms with van der Waals surface area (Å²) in [5, 5.41) is 13.8. The largest absolute Gasteiger partial charge is 0.495 e. The molecule has 0 bridgehead atoms. The summed E-state index contributed by atoms with van der Waals surface area (Å²) in [4.78, 5) is 27.3. The molecule has 42 heavy (non-hydrogen) atoms. The summed E-state index contributed by atoms with van der Waals surface area (Å²) in [7, 11) is 3.11. The van der Waals surface area contributed by atoms with Gasteiger partial charge in [0.15, 0.2) is 11.5 Å². The molecule has 10 nitrogen and oxygen atoms in total. The molecular formula is C32H33N5O5. The van der Waals surface area contributed by atoms with Crippen LogP contribution in [0.1, 0.15) is 41.4 Å². The van der Waals surface area contributed by atoms with Crippen molar-refractivity contribution in [1.29, 1.82) is 0 Å². The van der Waals surface area contributed by atoms with Gasteiger partial charge in [-0.05, 0) is 68.3 Å². The van der Waals surface area contributed by atoms with Gasteiger partial charge in [0.2, 0.25) is 0 Å². The van der Waals surface area contributed by atoms with E-state index < -0.39 is 6.04 Å². The number of methoxy groups -OCH3 is 2. The summed E-state index contributed by atoms with van der Waals surface area (Å²) < 4.78 is 18.4. The molecule has 2 heterocycles. The Hall–Kier alpha value is -5.25. The predicted molar refractivity (Wildman–Crippen MR) is 162 cm³/mol. The number of benzene rings is 3. The second-order valence-corrected chi connectivity index (χ2v) is 9.74. The van der Waals surface area contributed by atoms with Crippen LogP contribution in [0.4, 0.5) is 17.2 Å². The fraction of sp³-hybridized carbons (Fsp3) is 0.219. The number of allylic oxidation sites excluding steroid dienone is 1. The number of amides is 2. The Morgan fingerprint density at radius 2 is 1.69 bits per heavy atom. The number of fused-ring (bicyclic) bond motifs is 1. The summed E-state index contributed by atoms with van der Waals surface area (Å²) in [6.45, 7) is 6.12. The van der Waals surface area contributed by atoms with Crippen molar-refractivity contribution in [2.75, 3.05) is 36.8 Å². The first-order chi connectivity index (χ1) is 20.3. The zero-order valence-electron chi connectivity index (χ0n) is 24.1. The molecular weight excluding hydrogens is 534 g/mol. The van der Waals surface area contributed by atoms with E-state index in [-0.39, 0.29) is 11.8 Å². The molecule has 0 radical (unpaired) electrons. The number of ether oxygens (including phenoxy) is 3. The Labute approximate surface area is 244 Å². The van der Waals surface area contributed by atoms with Crippen molar-refractivity contribution in [3.8, 4) is 17.2 Å². The number of aryl methyl sites for hydroxylation is 1. The Kier molecular flexibility index (Phi) is 8.14. The topological polar surface area (TPSA) is 116 Å². The number of hydrogen-bond acceptors (Lipinski definition) is 7. The maximum absolute atomic E-state index is 13.9. The average Bonchev–Trinajstić information content (AvgIpc) is 3.40. The molecule has 3 N–H and O–H groups in total. The van der Waals surface area contributed by atoms with Gasteiger partial charge >= 0.3 is 0 Å². The monoisotopic (exact) mass is 567 g/mol. The van der Waals surface area contributed by atoms with E-state index in [2.05, 4.69) is 21.0 Å². The second-order valence-electron chi connectivity index (χ2n) is 9.74. The number of nitrogens with zero attached hydrogens (tertiary/aromatic N) is 2. The van der Waals surface area contributed by atoms with Crippen molar-refractivity contribution >= 4 is 29.0 Å². The van der Waals surface area contributed by atoms with Crippen LogP contribution in [0.25, 0.3) is 0 Å². The van der Waals surface area contributed by atoms with Gasteiger partial charge in [0.05, 0.1) is 38.3 Å². The van der Waals surface area contributed by atoms with Crippen LogP contribution in [0.2, 0.25) is 0 Å². The summed E-state index contributed by atoms with van der Waals surface area (Å²) >= 11 is 0. The lowest BCUT2D eigenvalue weighted by molar-refractivity contribution is -0.113. The fourth-order valence-corrected chi connectivity index (χ4v) is 5.01. The molecule has 216 valence electrons. The standard InChI is InChI=1S/C32H33N5O5/c1-6-42-26-15-14-21(17-27(26)41-5)29-28(32(39)36-24-12-7-8-13-25(24)40-4)20(3)34-30-23(18-33-37(29)30)31(38)35-22-11-9-10-19(2)16-22/h7-18,29,34H,6H2,1-5H3,(H,35,38)(H,36,39)/t29-/m0/s1. The number of anilines is 3. The summed E-state index contributed by atoms with van der Waals surface area (Å²) in [5.74, 6) is 1.41. The van der Waals surface area contributed by atoms with Gasteiger partial charge in [-0.2, -0.15) is 5.10 Å². The summed E-state index contributed by atoms with van der Waals surface area (Å²) in [6.07, 6.45) is 1.50. The van der Waals surface area contributed by atoms with Crippen molar-refractivity contribution < 1.29 is 23.8 Å². The average molecular weight is 568 g/mol. The van der Waals surface area contributed by atoms with Crippen LogP contribution in [-0.2, 0) is 4.79 Å². The Morgan fingerprint density at radius 3 is 2.43 bits per heavy atom. The molecule has 4 aromatic rings. The van der Waals surface area contributed by atoms with Crippen molar-refractivity contribution in [3.63, 3.8) is 0 Å². The maximum atomic E-state index is 13.9. The van der Waals surface area contributed by atoms with E-state index >= 15 is 0 Å². The Bertz CT molecular complexity index is 1680. The van der Waals surface area contributed by atoms with Crippen molar-refractivity contribution in [1.82, 2.24) is 9.78 Å². The first kappa shape index (κ1) is 28.3. The molecule has 10 heteroatoms. The Balaban J connectivity index is 1.58. The smallest absolute Gasteiger partial charge is 0.261 e. The minimum absolute atomic E-state index is 0.327. The van der Waals surface area contributed by atoms with Crippen LogP contribution in [0, 0.1) is 6.92 Å². The van der Waals surface area contributed by atoms with Crippen LogP contribution in [0.15, 0.2) is 84.2 Å². The van der Waals surface area contributed by atoms with E-state index in [0.29, 0.717) is 57.9 Å². The molecule has 5 rings (SSSR count). The predicted octanol–water partition coefficient (Wildman–Crippen LogP) is 5.79. The third-order valence-electron chi connectivity index (χ3n) is 6.95. The minimum atomic E-state index is -0.693. The zero-order valence-corrected chi connectivity index (χ0v) is 24.1. The molecule has 2 amide bonds. The summed E-state index contributed by atoms with van der Waals surface area (Å²) in [6, 6.07) is 19.5. The van der Waals surface area contributed by atoms with Crippen LogP contribution in [0.5, 0.6) is 17.2 Å². The minimum Gasteiger partial charge on any atom is -0.495 e. The molecule has 1 aliphatic rings. The van der Waals surface area contributed by atoms with E-state index in [4.69, 9.17) is 14.2 Å². The van der Waals surface area contributed by atoms with Crippen LogP contribution >= 0.6 is 0 Å². The number of rotatable bonds is 9. The highest BCUT2D eigenvalue weighted by Crippen LogP contribution is 2.41. The highest BCUT2D eigenvalue weighted by atomic mass is 16.5. The number of carbonyl (C=O) groups is 2. The van der Waals surface area contributed by atoms with Crippen LogP contribution in [-0.4, -0.2) is 42.4 Å². The number of aromatic nitrogens is 2. The van der Waals surface area contributed by atoms with E-state index in [1.807, 2.05) is 62.4 Å². The maximum Gasteiger partial charge on any atom is 0.261 e. The van der Waals surface area contributed by atoms with Gasteiger partial charge in [-0.15, -0.1) is 0 Å². The quantitative estimate of drug-likeness (QED) is 0.235. The second kappa shape index (κ2) is 12.1. The number of para-hydroxylation sites is 2. The number of carbonyl (C=O) groups excluding carboxylic acids is 2. The van der Waals surface area contributed by atoms with Gasteiger partial charge in [-0.1, -0.05) is 30.3 Å². The first-order valence-corrected chi connectivity index (χ1v) is 13.5. The lowest BCUT2D eigenvalue weighted by Crippen LogP contribution is -2.32. The van der Waals surface area contributed by atoms with E-state index in [0.717, 1.165) is 11.1 Å². The third kappa shape index (κ3) is 5.51. The lowest BCUT2D eigenvalue weighted by atomic mass is 9.94. The van der Waals surface area contributed by atoms with Crippen molar-refractivity contribution in [3.05, 3.63) is 101 Å². The van der Waals surface area contributed by atoms with Gasteiger partial charge in [0.1, 0.15) is 23.2 Å². The third-order valence-corrected chi connectivity index (χ3v) is 6.95. The molecule has 1 atom stereocenters. The molecule has 0 saturated carbocycles. The zero-order chi connectivity index (χ0) is 29.8. The molecule has 3 aromatic carbocycles. The molecule has 1 aromatic heterocycles. The summed E-state index contributed by atoms with van der Waals surface area (Å²) in [5.41, 5.74) is 4.26. The molecule has 0 aliphatic carbocycles. The van der Waals surface area contributed by atoms with Gasteiger partial charge in [-0.3, -0.25) is 9.59 Å². The highest BCUT2D eigenvalue weighted by Gasteiger charge is 2.36.